The van der Waals surface area contributed by atoms with E-state index in [2.05, 4.69) is 53.5 Å². The average molecular weight is 1070 g/mol. The summed E-state index contributed by atoms with van der Waals surface area (Å²) in [7, 11) is 0. The van der Waals surface area contributed by atoms with Crippen LogP contribution >= 0.6 is 0 Å². The van der Waals surface area contributed by atoms with Gasteiger partial charge in [-0.25, -0.2) is 13.6 Å². The predicted molar refractivity (Wildman–Crippen MR) is 282 cm³/mol. The third-order valence-electron chi connectivity index (χ3n) is 16.0. The zero-order valence-electron chi connectivity index (χ0n) is 42.8. The number of imide groups is 2. The van der Waals surface area contributed by atoms with Crippen molar-refractivity contribution in [2.75, 3.05) is 49.6 Å². The van der Waals surface area contributed by atoms with Gasteiger partial charge in [0.15, 0.2) is 5.82 Å². The Hall–Kier alpha value is -8.09. The number of terminal acetylenes is 1. The number of aromatic hydroxyl groups is 1. The molecule has 6 aliphatic heterocycles. The minimum absolute atomic E-state index is 0.00134. The Balaban J connectivity index is 0.671. The zero-order chi connectivity index (χ0) is 54.4. The molecule has 0 radical (unpaired) electrons. The van der Waals surface area contributed by atoms with Gasteiger partial charge >= 0.3 is 12.1 Å². The number of phenolic OH excluding ortho intramolecular Hbond substituents is 1. The maximum absolute atomic E-state index is 17.2. The van der Waals surface area contributed by atoms with Crippen molar-refractivity contribution in [2.24, 2.45) is 0 Å². The number of nitrogens with one attached hydrogen (secondary N) is 4. The summed E-state index contributed by atoms with van der Waals surface area (Å²) in [6, 6.07) is 9.20. The molecular weight excluding hydrogens is 1010 g/mol. The molecule has 6 amide bonds. The van der Waals surface area contributed by atoms with Gasteiger partial charge in [-0.15, -0.1) is 6.42 Å². The molecule has 78 heavy (non-hydrogen) atoms. The number of piperazine rings is 1. The molecule has 5 saturated heterocycles. The highest BCUT2D eigenvalue weighted by Gasteiger charge is 2.52. The number of nitrogens with zero attached hydrogens (tertiary/aromatic N) is 6. The first kappa shape index (κ1) is 52.0. The van der Waals surface area contributed by atoms with Crippen LogP contribution in [0.1, 0.15) is 110 Å². The lowest BCUT2D eigenvalue weighted by atomic mass is 9.94. The van der Waals surface area contributed by atoms with Gasteiger partial charge in [-0.2, -0.15) is 9.97 Å². The smallest absolute Gasteiger partial charge is 0.407 e. The van der Waals surface area contributed by atoms with E-state index in [1.807, 2.05) is 0 Å². The Morgan fingerprint density at radius 3 is 2.55 bits per heavy atom. The number of aromatic nitrogens is 3. The van der Waals surface area contributed by atoms with E-state index >= 15 is 8.78 Å². The maximum atomic E-state index is 17.2. The number of phenols is 1. The average Bonchev–Trinajstić information content (AvgIpc) is 4.30. The van der Waals surface area contributed by atoms with Crippen LogP contribution < -0.4 is 30.9 Å². The van der Waals surface area contributed by atoms with Gasteiger partial charge in [0, 0.05) is 74.3 Å². The number of alkyl carbamates (subject to hydrolysis) is 1. The molecule has 1 unspecified atom stereocenters. The number of hydrogen-bond donors (Lipinski definition) is 5. The Morgan fingerprint density at radius 1 is 0.962 bits per heavy atom. The fourth-order valence-electron chi connectivity index (χ4n) is 12.4. The van der Waals surface area contributed by atoms with E-state index < -0.39 is 52.9 Å². The van der Waals surface area contributed by atoms with E-state index in [0.29, 0.717) is 68.5 Å². The van der Waals surface area contributed by atoms with Gasteiger partial charge in [-0.3, -0.25) is 44.1 Å². The molecule has 0 aliphatic carbocycles. The Kier molecular flexibility index (Phi) is 14.3. The molecule has 19 nitrogen and oxygen atoms in total. The van der Waals surface area contributed by atoms with Crippen LogP contribution in [0.4, 0.5) is 25.1 Å². The summed E-state index contributed by atoms with van der Waals surface area (Å²) < 4.78 is 44.6. The number of carbonyl (C=O) groups is 6. The van der Waals surface area contributed by atoms with Crippen molar-refractivity contribution in [1.29, 1.82) is 0 Å². The van der Waals surface area contributed by atoms with Crippen LogP contribution in [0.5, 0.6) is 11.8 Å². The number of fused-ring (bicyclic) bond motifs is 6. The van der Waals surface area contributed by atoms with Gasteiger partial charge in [0.05, 0.1) is 33.3 Å². The van der Waals surface area contributed by atoms with Crippen molar-refractivity contribution in [3.63, 3.8) is 0 Å². The molecular formula is C57H58F2N10O9. The largest absolute Gasteiger partial charge is 0.508 e. The van der Waals surface area contributed by atoms with Crippen LogP contribution in [0.25, 0.3) is 32.9 Å². The molecule has 8 heterocycles. The summed E-state index contributed by atoms with van der Waals surface area (Å²) in [6.45, 7) is 6.86. The summed E-state index contributed by atoms with van der Waals surface area (Å²) in [4.78, 5) is 95.9. The van der Waals surface area contributed by atoms with E-state index in [4.69, 9.17) is 20.9 Å². The van der Waals surface area contributed by atoms with E-state index in [9.17, 15) is 33.9 Å². The minimum atomic E-state index is -1.11. The molecule has 2 aromatic heterocycles. The Morgan fingerprint density at radius 2 is 1.76 bits per heavy atom. The van der Waals surface area contributed by atoms with Crippen molar-refractivity contribution in [3.05, 3.63) is 89.1 Å². The first-order valence-electron chi connectivity index (χ1n) is 26.6. The molecule has 21 heteroatoms. The standard InChI is InChI=1S/C57H58F2N10O9/c1-3-37-41(58)16-13-32-22-36(70)23-39(46(32)37)49-48(59)50-40(25-61-49)51(67-27-33-14-15-34(28-67)62-33)66-55(65-50)78-30-57-20-19-35(68(57)26-31(2)24-57)29-77-56(76)60-21-8-6-4-5-7-12-44(71)63-42-11-9-10-38-47(42)54(75)69(53(38)74)43-17-18-45(72)64-52(43)73/h1,9-11,13,16,22-23,25,33-35,43,62,70H,2,4-8,12,14-15,17-21,24,26-30H2,(H,60,76)(H,63,71)(H,64,72,73)/t33-,34+,35-,43?,57-/m0/s1. The van der Waals surface area contributed by atoms with Crippen LogP contribution in [0.15, 0.2) is 60.8 Å². The van der Waals surface area contributed by atoms with Crippen LogP contribution in [-0.4, -0.2) is 135 Å². The minimum Gasteiger partial charge on any atom is -0.508 e. The molecule has 6 aliphatic rings. The number of anilines is 2. The number of hydrogen-bond acceptors (Lipinski definition) is 15. The third-order valence-corrected chi connectivity index (χ3v) is 16.0. The predicted octanol–water partition coefficient (Wildman–Crippen LogP) is 6.40. The lowest BCUT2D eigenvalue weighted by Gasteiger charge is -2.35. The molecule has 5 aromatic rings. The summed E-state index contributed by atoms with van der Waals surface area (Å²) in [5.41, 5.74) is 0.599. The highest BCUT2D eigenvalue weighted by atomic mass is 19.1. The highest BCUT2D eigenvalue weighted by Crippen LogP contribution is 2.45. The van der Waals surface area contributed by atoms with Crippen LogP contribution in [0.2, 0.25) is 0 Å². The van der Waals surface area contributed by atoms with Gasteiger partial charge in [0.1, 0.15) is 47.9 Å². The number of amides is 6. The van der Waals surface area contributed by atoms with Crippen molar-refractivity contribution < 1.29 is 52.1 Å². The second-order valence-corrected chi connectivity index (χ2v) is 21.2. The lowest BCUT2D eigenvalue weighted by molar-refractivity contribution is -0.136. The van der Waals surface area contributed by atoms with Crippen molar-refractivity contribution in [2.45, 2.75) is 113 Å². The quantitative estimate of drug-likeness (QED) is 0.0293. The van der Waals surface area contributed by atoms with Gasteiger partial charge in [0.2, 0.25) is 17.7 Å². The number of ether oxygens (including phenoxy) is 2. The summed E-state index contributed by atoms with van der Waals surface area (Å²) in [5, 5.41) is 23.1. The molecule has 404 valence electrons. The summed E-state index contributed by atoms with van der Waals surface area (Å²) >= 11 is 0. The molecule has 11 rings (SSSR count). The van der Waals surface area contributed by atoms with Crippen LogP contribution in [-0.2, 0) is 19.1 Å². The fraction of sp³-hybridized carbons (Fsp3) is 0.421. The van der Waals surface area contributed by atoms with E-state index in [1.165, 1.54) is 42.6 Å². The van der Waals surface area contributed by atoms with Crippen LogP contribution in [0, 0.1) is 24.0 Å². The third kappa shape index (κ3) is 9.94. The molecule has 3 aromatic carbocycles. The number of carbonyl (C=O) groups excluding carboxylic acids is 6. The number of pyridine rings is 1. The number of benzene rings is 3. The van der Waals surface area contributed by atoms with Crippen LogP contribution in [0.3, 0.4) is 0 Å². The van der Waals surface area contributed by atoms with E-state index in [-0.39, 0.29) is 113 Å². The summed E-state index contributed by atoms with van der Waals surface area (Å²) in [6.07, 6.45) is 14.7. The molecule has 0 spiro atoms. The Labute approximate surface area is 447 Å². The first-order valence-corrected chi connectivity index (χ1v) is 26.6. The van der Waals surface area contributed by atoms with Gasteiger partial charge in [-0.05, 0) is 87.1 Å². The van der Waals surface area contributed by atoms with E-state index in [0.717, 1.165) is 49.0 Å². The number of rotatable bonds is 17. The van der Waals surface area contributed by atoms with Crippen molar-refractivity contribution in [3.8, 4) is 35.4 Å². The Bertz CT molecular complexity index is 3370. The highest BCUT2D eigenvalue weighted by molar-refractivity contribution is 6.26. The normalized spacial score (nSPS) is 22.7. The zero-order valence-corrected chi connectivity index (χ0v) is 42.8. The van der Waals surface area contributed by atoms with Gasteiger partial charge in [0.25, 0.3) is 11.8 Å². The topological polar surface area (TPSA) is 238 Å². The second-order valence-electron chi connectivity index (χ2n) is 21.2. The van der Waals surface area contributed by atoms with Gasteiger partial charge < -0.3 is 35.4 Å². The number of piperidine rings is 1. The second kappa shape index (κ2) is 21.4. The monoisotopic (exact) mass is 1060 g/mol. The number of unbranched alkanes of at least 4 members (excludes halogenated alkanes) is 4. The van der Waals surface area contributed by atoms with Crippen molar-refractivity contribution >= 4 is 68.8 Å². The summed E-state index contributed by atoms with van der Waals surface area (Å²) in [5.74, 6) is -1.63. The molecule has 5 N–H and O–H groups in total. The molecule has 0 saturated carbocycles. The van der Waals surface area contributed by atoms with Gasteiger partial charge in [-0.1, -0.05) is 49.5 Å². The fourth-order valence-corrected chi connectivity index (χ4v) is 12.4. The molecule has 2 bridgehead atoms. The SMILES string of the molecule is C#Cc1c(F)ccc2cc(O)cc(-c3ncc4c(N5C[C@H]6CC[C@@H](C5)N6)nc(OC[C@@]56CC[C@@H](COC(=O)NCCCCCCCC(=O)Nc7cccc8c7C(=O)N(C7CCC(=O)NC7=O)C8=O)N5CC(=C)C6)nc4c3F)c12. The first-order chi connectivity index (χ1) is 37.7. The van der Waals surface area contributed by atoms with E-state index in [1.54, 1.807) is 6.07 Å². The number of halogens is 2. The maximum Gasteiger partial charge on any atom is 0.407 e. The molecule has 5 fully saturated rings. The van der Waals surface area contributed by atoms with Crippen molar-refractivity contribution in [1.82, 2.24) is 40.7 Å². The molecule has 5 atom stereocenters. The lowest BCUT2D eigenvalue weighted by Crippen LogP contribution is -2.54.